The Hall–Kier alpha value is -3.55. The number of aromatic nitrogens is 4. The predicted octanol–water partition coefficient (Wildman–Crippen LogP) is 0.915. The number of rotatable bonds is 3. The fourth-order valence-corrected chi connectivity index (χ4v) is 2.32. The van der Waals surface area contributed by atoms with Gasteiger partial charge in [0.1, 0.15) is 11.6 Å². The van der Waals surface area contributed by atoms with Crippen molar-refractivity contribution in [3.05, 3.63) is 58.4 Å². The van der Waals surface area contributed by atoms with Gasteiger partial charge in [0.15, 0.2) is 0 Å². The predicted molar refractivity (Wildman–Crippen MR) is 91.6 cm³/mol. The van der Waals surface area contributed by atoms with Crippen LogP contribution in [-0.2, 0) is 7.05 Å². The lowest BCUT2D eigenvalue weighted by atomic mass is 10.0. The van der Waals surface area contributed by atoms with Crippen LogP contribution in [0.1, 0.15) is 11.1 Å². The molecule has 0 saturated heterocycles. The van der Waals surface area contributed by atoms with Crippen LogP contribution in [0.3, 0.4) is 0 Å². The van der Waals surface area contributed by atoms with Gasteiger partial charge in [0.2, 0.25) is 0 Å². The molecule has 0 spiro atoms. The molecule has 0 aliphatic heterocycles. The van der Waals surface area contributed by atoms with Crippen molar-refractivity contribution in [3.8, 4) is 16.9 Å². The molecule has 0 radical (unpaired) electrons. The van der Waals surface area contributed by atoms with E-state index >= 15 is 0 Å². The number of aromatic hydroxyl groups is 1. The first-order chi connectivity index (χ1) is 11.5. The molecule has 24 heavy (non-hydrogen) atoms. The van der Waals surface area contributed by atoms with Gasteiger partial charge in [-0.3, -0.25) is 9.48 Å². The van der Waals surface area contributed by atoms with Crippen LogP contribution >= 0.6 is 0 Å². The highest BCUT2D eigenvalue weighted by molar-refractivity contribution is 5.85. The van der Waals surface area contributed by atoms with Crippen LogP contribution in [0.5, 0.6) is 5.75 Å². The molecule has 0 saturated carbocycles. The molecule has 3 aromatic rings. The Balaban J connectivity index is 2.00. The van der Waals surface area contributed by atoms with Gasteiger partial charge in [0.25, 0.3) is 5.56 Å². The minimum absolute atomic E-state index is 0.0102. The second-order valence-corrected chi connectivity index (χ2v) is 5.26. The summed E-state index contributed by atoms with van der Waals surface area (Å²) in [6.45, 7) is 0. The number of H-pyrrole nitrogens is 1. The molecular weight excluding hydrogens is 308 g/mol. The van der Waals surface area contributed by atoms with Crippen molar-refractivity contribution in [2.45, 2.75) is 0 Å². The zero-order valence-electron chi connectivity index (χ0n) is 12.9. The fourth-order valence-electron chi connectivity index (χ4n) is 2.32. The van der Waals surface area contributed by atoms with E-state index in [0.29, 0.717) is 5.56 Å². The van der Waals surface area contributed by atoms with Crippen molar-refractivity contribution in [1.29, 1.82) is 0 Å². The molecule has 0 aliphatic rings. The first kappa shape index (κ1) is 15.3. The number of nitrogens with zero attached hydrogens (tertiary/aromatic N) is 3. The third kappa shape index (κ3) is 2.84. The van der Waals surface area contributed by atoms with Crippen LogP contribution in [0.15, 0.2) is 41.7 Å². The van der Waals surface area contributed by atoms with Gasteiger partial charge in [-0.15, -0.1) is 0 Å². The van der Waals surface area contributed by atoms with Crippen LogP contribution in [0.25, 0.3) is 22.9 Å². The highest BCUT2D eigenvalue weighted by atomic mass is 16.3. The largest absolute Gasteiger partial charge is 0.507 e. The van der Waals surface area contributed by atoms with Crippen molar-refractivity contribution in [2.75, 3.05) is 5.73 Å². The lowest BCUT2D eigenvalue weighted by molar-refractivity contribution is 0.474. The van der Waals surface area contributed by atoms with Gasteiger partial charge < -0.3 is 21.6 Å². The maximum Gasteiger partial charge on any atom is 0.260 e. The highest BCUT2D eigenvalue weighted by Crippen LogP contribution is 2.29. The molecule has 8 heteroatoms. The summed E-state index contributed by atoms with van der Waals surface area (Å²) in [5, 5.41) is 14.4. The van der Waals surface area contributed by atoms with Gasteiger partial charge in [0.05, 0.1) is 18.1 Å². The molecule has 0 amide bonds. The first-order valence-corrected chi connectivity index (χ1v) is 7.08. The number of anilines is 1. The number of nitrogens with one attached hydrogen (secondary N) is 1. The quantitative estimate of drug-likeness (QED) is 0.565. The Labute approximate surface area is 137 Å². The van der Waals surface area contributed by atoms with Gasteiger partial charge in [-0.25, -0.2) is 4.98 Å². The molecule has 122 valence electrons. The third-order valence-electron chi connectivity index (χ3n) is 3.57. The smallest absolute Gasteiger partial charge is 0.260 e. The van der Waals surface area contributed by atoms with Crippen molar-refractivity contribution in [3.63, 3.8) is 0 Å². The zero-order chi connectivity index (χ0) is 17.3. The van der Waals surface area contributed by atoms with Crippen LogP contribution < -0.4 is 17.0 Å². The maximum atomic E-state index is 11.8. The summed E-state index contributed by atoms with van der Waals surface area (Å²) in [5.41, 5.74) is 13.7. The molecule has 0 atom stereocenters. The summed E-state index contributed by atoms with van der Waals surface area (Å²) in [5.74, 6) is 0.0529. The SMILES string of the molecule is Cn1cc(-c2ccc(/C(N)=C/c3c(N)nc[nH]c3=O)c(O)c2)cn1. The third-order valence-corrected chi connectivity index (χ3v) is 3.57. The summed E-state index contributed by atoms with van der Waals surface area (Å²) < 4.78 is 1.67. The van der Waals surface area contributed by atoms with E-state index in [1.54, 1.807) is 23.0 Å². The molecule has 1 aromatic carbocycles. The lowest BCUT2D eigenvalue weighted by Gasteiger charge is -2.07. The van der Waals surface area contributed by atoms with E-state index < -0.39 is 5.56 Å². The Kier molecular flexibility index (Phi) is 3.78. The highest BCUT2D eigenvalue weighted by Gasteiger charge is 2.10. The second-order valence-electron chi connectivity index (χ2n) is 5.26. The lowest BCUT2D eigenvalue weighted by Crippen LogP contribution is -2.14. The van der Waals surface area contributed by atoms with E-state index in [4.69, 9.17) is 11.5 Å². The van der Waals surface area contributed by atoms with E-state index in [-0.39, 0.29) is 22.8 Å². The number of phenolic OH excluding ortho intramolecular Hbond substituents is 1. The van der Waals surface area contributed by atoms with Crippen molar-refractivity contribution in [1.82, 2.24) is 19.7 Å². The normalized spacial score (nSPS) is 11.6. The fraction of sp³-hybridized carbons (Fsp3) is 0.0625. The zero-order valence-corrected chi connectivity index (χ0v) is 12.9. The average Bonchev–Trinajstić information content (AvgIpc) is 2.97. The summed E-state index contributed by atoms with van der Waals surface area (Å²) in [6.07, 6.45) is 6.14. The summed E-state index contributed by atoms with van der Waals surface area (Å²) in [4.78, 5) is 18.0. The van der Waals surface area contributed by atoms with E-state index in [9.17, 15) is 9.90 Å². The molecule has 0 fully saturated rings. The summed E-state index contributed by atoms with van der Waals surface area (Å²) in [6, 6.07) is 5.07. The number of aryl methyl sites for hydroxylation is 1. The minimum atomic E-state index is -0.406. The van der Waals surface area contributed by atoms with E-state index in [2.05, 4.69) is 15.1 Å². The average molecular weight is 324 g/mol. The Morgan fingerprint density at radius 3 is 2.79 bits per heavy atom. The van der Waals surface area contributed by atoms with Crippen molar-refractivity contribution >= 4 is 17.6 Å². The van der Waals surface area contributed by atoms with E-state index in [1.807, 2.05) is 19.3 Å². The molecule has 0 aliphatic carbocycles. The van der Waals surface area contributed by atoms with Gasteiger partial charge in [-0.05, 0) is 23.8 Å². The van der Waals surface area contributed by atoms with Crippen molar-refractivity contribution in [2.24, 2.45) is 12.8 Å². The molecule has 8 nitrogen and oxygen atoms in total. The van der Waals surface area contributed by atoms with Crippen LogP contribution in [0.4, 0.5) is 5.82 Å². The van der Waals surface area contributed by atoms with Crippen LogP contribution in [0, 0.1) is 0 Å². The Morgan fingerprint density at radius 2 is 2.17 bits per heavy atom. The number of phenols is 1. The standard InChI is InChI=1S/C16H16N6O2/c1-22-7-10(6-21-22)9-2-3-11(14(23)4-9)13(17)5-12-15(18)19-8-20-16(12)24/h2-8,23H,17H2,1H3,(H3,18,19,20,24)/b13-5-. The molecule has 0 bridgehead atoms. The van der Waals surface area contributed by atoms with Crippen molar-refractivity contribution < 1.29 is 5.11 Å². The molecular formula is C16H16N6O2. The molecule has 3 rings (SSSR count). The summed E-state index contributed by atoms with van der Waals surface area (Å²) >= 11 is 0. The molecule has 6 N–H and O–H groups in total. The molecule has 0 unspecified atom stereocenters. The first-order valence-electron chi connectivity index (χ1n) is 7.08. The van der Waals surface area contributed by atoms with Crippen LogP contribution in [-0.4, -0.2) is 24.9 Å². The van der Waals surface area contributed by atoms with Gasteiger partial charge in [-0.1, -0.05) is 6.07 Å². The summed E-state index contributed by atoms with van der Waals surface area (Å²) in [7, 11) is 1.81. The van der Waals surface area contributed by atoms with Gasteiger partial charge in [-0.2, -0.15) is 5.10 Å². The monoisotopic (exact) mass is 324 g/mol. The van der Waals surface area contributed by atoms with E-state index in [0.717, 1.165) is 11.1 Å². The maximum absolute atomic E-state index is 11.8. The Bertz CT molecular complexity index is 986. The topological polar surface area (TPSA) is 136 Å². The van der Waals surface area contributed by atoms with Crippen LogP contribution in [0.2, 0.25) is 0 Å². The number of hydrogen-bond acceptors (Lipinski definition) is 6. The number of aromatic amines is 1. The molecule has 2 aromatic heterocycles. The number of benzene rings is 1. The minimum Gasteiger partial charge on any atom is -0.507 e. The number of nitrogens with two attached hydrogens (primary N) is 2. The number of nitrogen functional groups attached to an aromatic ring is 1. The Morgan fingerprint density at radius 1 is 1.38 bits per heavy atom. The van der Waals surface area contributed by atoms with Gasteiger partial charge in [0, 0.05) is 30.1 Å². The number of hydrogen-bond donors (Lipinski definition) is 4. The molecule has 2 heterocycles. The van der Waals surface area contributed by atoms with Gasteiger partial charge >= 0.3 is 0 Å². The van der Waals surface area contributed by atoms with E-state index in [1.165, 1.54) is 12.4 Å². The second kappa shape index (κ2) is 5.92.